The lowest BCUT2D eigenvalue weighted by atomic mass is 10.3. The monoisotopic (exact) mass is 346 g/mol. The van der Waals surface area contributed by atoms with E-state index in [-0.39, 0.29) is 27.2 Å². The molecule has 0 spiro atoms. The zero-order valence-electron chi connectivity index (χ0n) is 11.0. The maximum Gasteiger partial charge on any atom is 0.242 e. The first-order valence-corrected chi connectivity index (χ1v) is 8.07. The summed E-state index contributed by atoms with van der Waals surface area (Å²) in [6.07, 6.45) is 1.55. The van der Waals surface area contributed by atoms with Crippen LogP contribution in [0.1, 0.15) is 11.5 Å². The van der Waals surface area contributed by atoms with Crippen LogP contribution in [0.3, 0.4) is 0 Å². The molecule has 0 aliphatic heterocycles. The van der Waals surface area contributed by atoms with Gasteiger partial charge in [-0.05, 0) is 25.1 Å². The van der Waals surface area contributed by atoms with Crippen molar-refractivity contribution in [1.29, 1.82) is 0 Å². The third-order valence-corrected chi connectivity index (χ3v) is 4.95. The van der Waals surface area contributed by atoms with E-state index in [0.717, 1.165) is 0 Å². The summed E-state index contributed by atoms with van der Waals surface area (Å²) in [5, 5.41) is 0.0965. The molecule has 2 aromatic rings. The second-order valence-corrected chi connectivity index (χ2v) is 6.71. The van der Waals surface area contributed by atoms with Gasteiger partial charge in [-0.15, -0.1) is 0 Å². The van der Waals surface area contributed by atoms with Crippen molar-refractivity contribution in [3.05, 3.63) is 46.0 Å². The third kappa shape index (κ3) is 3.62. The molecular formula is C12H12Cl2N4O2S. The zero-order valence-corrected chi connectivity index (χ0v) is 13.3. The molecule has 0 amide bonds. The van der Waals surface area contributed by atoms with E-state index in [2.05, 4.69) is 14.7 Å². The Hall–Kier alpha value is -1.41. The number of hydrogen-bond acceptors (Lipinski definition) is 5. The van der Waals surface area contributed by atoms with Crippen LogP contribution in [0, 0.1) is 6.92 Å². The second-order valence-electron chi connectivity index (χ2n) is 4.19. The summed E-state index contributed by atoms with van der Waals surface area (Å²) in [6, 6.07) is 4.30. The molecular weight excluding hydrogens is 335 g/mol. The summed E-state index contributed by atoms with van der Waals surface area (Å²) < 4.78 is 26.9. The fourth-order valence-electron chi connectivity index (χ4n) is 1.61. The SMILES string of the molecule is Cc1nccc(CNS(=O)(=O)c2ccc(Cl)c(N)c2Cl)n1. The first-order chi connectivity index (χ1) is 9.81. The Labute approximate surface area is 132 Å². The molecule has 0 radical (unpaired) electrons. The fourth-order valence-corrected chi connectivity index (χ4v) is 3.37. The highest BCUT2D eigenvalue weighted by Crippen LogP contribution is 2.32. The number of nitrogen functional groups attached to an aromatic ring is 1. The molecule has 1 heterocycles. The predicted molar refractivity (Wildman–Crippen MR) is 81.7 cm³/mol. The molecule has 0 bridgehead atoms. The van der Waals surface area contributed by atoms with Crippen LogP contribution in [-0.2, 0) is 16.6 Å². The molecule has 21 heavy (non-hydrogen) atoms. The Kier molecular flexibility index (Phi) is 4.67. The Morgan fingerprint density at radius 2 is 2.00 bits per heavy atom. The smallest absolute Gasteiger partial charge is 0.242 e. The quantitative estimate of drug-likeness (QED) is 0.826. The van der Waals surface area contributed by atoms with Gasteiger partial charge < -0.3 is 5.73 Å². The van der Waals surface area contributed by atoms with E-state index in [4.69, 9.17) is 28.9 Å². The number of aryl methyl sites for hydroxylation is 1. The van der Waals surface area contributed by atoms with Crippen molar-refractivity contribution >= 4 is 38.9 Å². The number of hydrogen-bond donors (Lipinski definition) is 2. The number of sulfonamides is 1. The van der Waals surface area contributed by atoms with Crippen LogP contribution in [0.5, 0.6) is 0 Å². The van der Waals surface area contributed by atoms with E-state index in [1.807, 2.05) is 0 Å². The number of nitrogens with zero attached hydrogens (tertiary/aromatic N) is 2. The minimum absolute atomic E-state index is 0.0184. The van der Waals surface area contributed by atoms with Gasteiger partial charge in [-0.2, -0.15) is 0 Å². The first kappa shape index (κ1) is 16.0. The highest BCUT2D eigenvalue weighted by Gasteiger charge is 2.20. The van der Waals surface area contributed by atoms with Gasteiger partial charge >= 0.3 is 0 Å². The minimum Gasteiger partial charge on any atom is -0.396 e. The number of anilines is 1. The summed E-state index contributed by atoms with van der Waals surface area (Å²) in [4.78, 5) is 7.92. The zero-order chi connectivity index (χ0) is 15.6. The fraction of sp³-hybridized carbons (Fsp3) is 0.167. The molecule has 3 N–H and O–H groups in total. The molecule has 0 unspecified atom stereocenters. The maximum atomic E-state index is 12.2. The van der Waals surface area contributed by atoms with Crippen molar-refractivity contribution in [3.8, 4) is 0 Å². The maximum absolute atomic E-state index is 12.2. The summed E-state index contributed by atoms with van der Waals surface area (Å²) in [5.41, 5.74) is 6.20. The Morgan fingerprint density at radius 1 is 1.29 bits per heavy atom. The third-order valence-electron chi connectivity index (χ3n) is 2.66. The van der Waals surface area contributed by atoms with E-state index in [9.17, 15) is 8.42 Å². The molecule has 6 nitrogen and oxygen atoms in total. The van der Waals surface area contributed by atoms with Gasteiger partial charge in [-0.25, -0.2) is 23.1 Å². The Morgan fingerprint density at radius 3 is 2.67 bits per heavy atom. The van der Waals surface area contributed by atoms with Crippen molar-refractivity contribution in [2.24, 2.45) is 0 Å². The number of benzene rings is 1. The van der Waals surface area contributed by atoms with E-state index in [1.165, 1.54) is 12.1 Å². The van der Waals surface area contributed by atoms with Crippen molar-refractivity contribution < 1.29 is 8.42 Å². The van der Waals surface area contributed by atoms with Crippen LogP contribution in [-0.4, -0.2) is 18.4 Å². The highest BCUT2D eigenvalue weighted by molar-refractivity contribution is 7.89. The second kappa shape index (κ2) is 6.15. The normalized spacial score (nSPS) is 11.6. The topological polar surface area (TPSA) is 98.0 Å². The van der Waals surface area contributed by atoms with E-state index >= 15 is 0 Å². The van der Waals surface area contributed by atoms with Gasteiger partial charge in [0.2, 0.25) is 10.0 Å². The molecule has 1 aromatic heterocycles. The van der Waals surface area contributed by atoms with Gasteiger partial charge in [0.15, 0.2) is 0 Å². The number of nitrogens with one attached hydrogen (secondary N) is 1. The van der Waals surface area contributed by atoms with Crippen LogP contribution in [0.2, 0.25) is 10.0 Å². The van der Waals surface area contributed by atoms with Crippen LogP contribution >= 0.6 is 23.2 Å². The minimum atomic E-state index is -3.82. The molecule has 0 aliphatic rings. The van der Waals surface area contributed by atoms with E-state index in [1.54, 1.807) is 19.2 Å². The summed E-state index contributed by atoms with van der Waals surface area (Å²) in [5.74, 6) is 0.556. The lowest BCUT2D eigenvalue weighted by Crippen LogP contribution is -2.24. The standard InChI is InChI=1S/C12H12Cl2N4O2S/c1-7-16-5-4-8(18-7)6-17-21(19,20)10-3-2-9(13)12(15)11(10)14/h2-5,17H,6,15H2,1H3. The molecule has 0 saturated heterocycles. The Bertz CT molecular complexity index is 781. The highest BCUT2D eigenvalue weighted by atomic mass is 35.5. The van der Waals surface area contributed by atoms with Gasteiger partial charge in [0.25, 0.3) is 0 Å². The number of rotatable bonds is 4. The van der Waals surface area contributed by atoms with Crippen molar-refractivity contribution in [1.82, 2.24) is 14.7 Å². The van der Waals surface area contributed by atoms with Gasteiger partial charge in [0, 0.05) is 6.20 Å². The lowest BCUT2D eigenvalue weighted by molar-refractivity contribution is 0.580. The lowest BCUT2D eigenvalue weighted by Gasteiger charge is -2.10. The van der Waals surface area contributed by atoms with Crippen molar-refractivity contribution in [2.45, 2.75) is 18.4 Å². The molecule has 0 saturated carbocycles. The number of nitrogens with two attached hydrogens (primary N) is 1. The van der Waals surface area contributed by atoms with Gasteiger partial charge in [-0.3, -0.25) is 0 Å². The van der Waals surface area contributed by atoms with Crippen molar-refractivity contribution in [2.75, 3.05) is 5.73 Å². The number of halogens is 2. The molecule has 0 fully saturated rings. The van der Waals surface area contributed by atoms with Gasteiger partial charge in [0.05, 0.1) is 28.0 Å². The molecule has 0 atom stereocenters. The summed E-state index contributed by atoms with van der Waals surface area (Å²) >= 11 is 11.7. The van der Waals surface area contributed by atoms with E-state index < -0.39 is 10.0 Å². The van der Waals surface area contributed by atoms with E-state index in [0.29, 0.717) is 11.5 Å². The molecule has 2 rings (SSSR count). The molecule has 1 aromatic carbocycles. The largest absolute Gasteiger partial charge is 0.396 e. The first-order valence-electron chi connectivity index (χ1n) is 5.83. The average molecular weight is 347 g/mol. The van der Waals surface area contributed by atoms with Gasteiger partial charge in [0.1, 0.15) is 10.7 Å². The van der Waals surface area contributed by atoms with Crippen LogP contribution < -0.4 is 10.5 Å². The van der Waals surface area contributed by atoms with Crippen LogP contribution in [0.15, 0.2) is 29.3 Å². The molecule has 112 valence electrons. The van der Waals surface area contributed by atoms with Crippen molar-refractivity contribution in [3.63, 3.8) is 0 Å². The average Bonchev–Trinajstić information content (AvgIpc) is 2.43. The van der Waals surface area contributed by atoms with Crippen LogP contribution in [0.25, 0.3) is 0 Å². The summed E-state index contributed by atoms with van der Waals surface area (Å²) in [7, 11) is -3.82. The number of aromatic nitrogens is 2. The Balaban J connectivity index is 2.25. The van der Waals surface area contributed by atoms with Crippen LogP contribution in [0.4, 0.5) is 5.69 Å². The predicted octanol–water partition coefficient (Wildman–Crippen LogP) is 2.15. The molecule has 9 heteroatoms. The van der Waals surface area contributed by atoms with Gasteiger partial charge in [-0.1, -0.05) is 23.2 Å². The summed E-state index contributed by atoms with van der Waals surface area (Å²) in [6.45, 7) is 1.74. The molecule has 0 aliphatic carbocycles.